The third kappa shape index (κ3) is 5.88. The zero-order valence-corrected chi connectivity index (χ0v) is 16.4. The van der Waals surface area contributed by atoms with Gasteiger partial charge in [-0.1, -0.05) is 45.0 Å². The van der Waals surface area contributed by atoms with Gasteiger partial charge < -0.3 is 14.6 Å². The SMILES string of the molecule is CCC(C)(C)c1ccc(OCCOc2ccc(C=C(C#N)C(=O)O)cc2)cc1. The molecule has 0 unspecified atom stereocenters. The number of ether oxygens (including phenoxy) is 2. The first-order valence-corrected chi connectivity index (χ1v) is 9.17. The van der Waals surface area contributed by atoms with Crippen molar-refractivity contribution < 1.29 is 19.4 Å². The minimum atomic E-state index is -1.24. The molecule has 0 aromatic heterocycles. The van der Waals surface area contributed by atoms with Gasteiger partial charge >= 0.3 is 5.97 Å². The van der Waals surface area contributed by atoms with Gasteiger partial charge in [-0.2, -0.15) is 5.26 Å². The van der Waals surface area contributed by atoms with Crippen molar-refractivity contribution in [2.75, 3.05) is 13.2 Å². The predicted octanol–water partition coefficient (Wildman–Crippen LogP) is 4.82. The highest BCUT2D eigenvalue weighted by Crippen LogP contribution is 2.28. The summed E-state index contributed by atoms with van der Waals surface area (Å²) in [5, 5.41) is 17.6. The molecule has 0 bridgehead atoms. The molecule has 146 valence electrons. The fraction of sp³-hybridized carbons (Fsp3) is 0.304. The van der Waals surface area contributed by atoms with E-state index in [-0.39, 0.29) is 11.0 Å². The van der Waals surface area contributed by atoms with Gasteiger partial charge in [0.1, 0.15) is 36.4 Å². The maximum atomic E-state index is 10.8. The fourth-order valence-electron chi connectivity index (χ4n) is 2.49. The van der Waals surface area contributed by atoms with Crippen molar-refractivity contribution in [2.24, 2.45) is 0 Å². The maximum absolute atomic E-state index is 10.8. The van der Waals surface area contributed by atoms with Crippen LogP contribution in [0, 0.1) is 11.3 Å². The second kappa shape index (κ2) is 9.61. The third-order valence-electron chi connectivity index (χ3n) is 4.68. The summed E-state index contributed by atoms with van der Waals surface area (Å²) >= 11 is 0. The lowest BCUT2D eigenvalue weighted by Crippen LogP contribution is -2.15. The van der Waals surface area contributed by atoms with Gasteiger partial charge in [0.2, 0.25) is 0 Å². The van der Waals surface area contributed by atoms with Crippen LogP contribution in [0.3, 0.4) is 0 Å². The molecular formula is C23H25NO4. The Balaban J connectivity index is 1.82. The quantitative estimate of drug-likeness (QED) is 0.384. The number of hydrogen-bond donors (Lipinski definition) is 1. The molecule has 5 heteroatoms. The average Bonchev–Trinajstić information content (AvgIpc) is 2.70. The number of rotatable bonds is 9. The highest BCUT2D eigenvalue weighted by atomic mass is 16.5. The van der Waals surface area contributed by atoms with Crippen LogP contribution in [-0.4, -0.2) is 24.3 Å². The molecule has 0 aliphatic carbocycles. The molecule has 0 saturated carbocycles. The standard InChI is InChI=1S/C23H25NO4/c1-4-23(2,3)19-7-11-21(12-8-19)28-14-13-27-20-9-5-17(6-10-20)15-18(16-24)22(25)26/h5-12,15H,4,13-14H2,1-3H3,(H,25,26). The van der Waals surface area contributed by atoms with Gasteiger partial charge in [0, 0.05) is 0 Å². The van der Waals surface area contributed by atoms with Gasteiger partial charge in [-0.25, -0.2) is 4.79 Å². The summed E-state index contributed by atoms with van der Waals surface area (Å²) in [6, 6.07) is 16.6. The van der Waals surface area contributed by atoms with Crippen molar-refractivity contribution in [3.05, 3.63) is 65.2 Å². The van der Waals surface area contributed by atoms with Crippen LogP contribution in [0.2, 0.25) is 0 Å². The van der Waals surface area contributed by atoms with Gasteiger partial charge in [0.15, 0.2) is 0 Å². The van der Waals surface area contributed by atoms with Crippen LogP contribution in [0.4, 0.5) is 0 Å². The summed E-state index contributed by atoms with van der Waals surface area (Å²) in [4.78, 5) is 10.8. The Bertz CT molecular complexity index is 859. The van der Waals surface area contributed by atoms with E-state index in [1.54, 1.807) is 30.3 Å². The van der Waals surface area contributed by atoms with Gasteiger partial charge in [-0.3, -0.25) is 0 Å². The Morgan fingerprint density at radius 3 is 1.96 bits per heavy atom. The lowest BCUT2D eigenvalue weighted by molar-refractivity contribution is -0.132. The summed E-state index contributed by atoms with van der Waals surface area (Å²) in [7, 11) is 0. The van der Waals surface area contributed by atoms with Crippen molar-refractivity contribution in [1.29, 1.82) is 5.26 Å². The van der Waals surface area contributed by atoms with Crippen molar-refractivity contribution in [1.82, 2.24) is 0 Å². The Hall–Kier alpha value is -3.26. The number of nitriles is 1. The molecule has 0 heterocycles. The lowest BCUT2D eigenvalue weighted by atomic mass is 9.82. The molecule has 1 N–H and O–H groups in total. The summed E-state index contributed by atoms with van der Waals surface area (Å²) in [6.07, 6.45) is 2.39. The molecule has 0 atom stereocenters. The van der Waals surface area contributed by atoms with Crippen LogP contribution in [-0.2, 0) is 10.2 Å². The van der Waals surface area contributed by atoms with E-state index in [0.717, 1.165) is 12.2 Å². The van der Waals surface area contributed by atoms with Crippen LogP contribution in [0.25, 0.3) is 6.08 Å². The predicted molar refractivity (Wildman–Crippen MR) is 108 cm³/mol. The van der Waals surface area contributed by atoms with E-state index in [9.17, 15) is 4.79 Å². The van der Waals surface area contributed by atoms with E-state index >= 15 is 0 Å². The molecule has 2 aromatic rings. The van der Waals surface area contributed by atoms with Crippen molar-refractivity contribution in [2.45, 2.75) is 32.6 Å². The number of hydrogen-bond acceptors (Lipinski definition) is 4. The van der Waals surface area contributed by atoms with Crippen LogP contribution >= 0.6 is 0 Å². The summed E-state index contributed by atoms with van der Waals surface area (Å²) < 4.78 is 11.3. The normalized spacial score (nSPS) is 11.6. The third-order valence-corrected chi connectivity index (χ3v) is 4.68. The molecular weight excluding hydrogens is 354 g/mol. The number of carboxylic acid groups (broad SMARTS) is 1. The second-order valence-electron chi connectivity index (χ2n) is 7.00. The van der Waals surface area contributed by atoms with Gasteiger partial charge in [-0.05, 0) is 53.3 Å². The Kier molecular flexibility index (Phi) is 7.22. The monoisotopic (exact) mass is 379 g/mol. The highest BCUT2D eigenvalue weighted by Gasteiger charge is 2.17. The zero-order valence-electron chi connectivity index (χ0n) is 16.4. The number of carboxylic acids is 1. The van der Waals surface area contributed by atoms with Gasteiger partial charge in [0.25, 0.3) is 0 Å². The van der Waals surface area contributed by atoms with Gasteiger partial charge in [-0.15, -0.1) is 0 Å². The number of carbonyl (C=O) groups is 1. The minimum absolute atomic E-state index is 0.154. The Morgan fingerprint density at radius 1 is 1.04 bits per heavy atom. The first kappa shape index (κ1) is 21.0. The molecule has 0 radical (unpaired) electrons. The molecule has 5 nitrogen and oxygen atoms in total. The molecule has 0 saturated heterocycles. The molecule has 28 heavy (non-hydrogen) atoms. The summed E-state index contributed by atoms with van der Waals surface area (Å²) in [5.41, 5.74) is 1.75. The van der Waals surface area contributed by atoms with Crippen LogP contribution < -0.4 is 9.47 Å². The van der Waals surface area contributed by atoms with Crippen LogP contribution in [0.15, 0.2) is 54.1 Å². The molecule has 0 aliphatic heterocycles. The highest BCUT2D eigenvalue weighted by molar-refractivity contribution is 5.96. The largest absolute Gasteiger partial charge is 0.490 e. The van der Waals surface area contributed by atoms with Crippen molar-refractivity contribution >= 4 is 12.0 Å². The van der Waals surface area contributed by atoms with E-state index in [1.165, 1.54) is 11.6 Å². The van der Waals surface area contributed by atoms with Crippen LogP contribution in [0.1, 0.15) is 38.3 Å². The van der Waals surface area contributed by atoms with Crippen molar-refractivity contribution in [3.8, 4) is 17.6 Å². The Labute approximate surface area is 165 Å². The number of aliphatic carboxylic acids is 1. The minimum Gasteiger partial charge on any atom is -0.490 e. The first-order valence-electron chi connectivity index (χ1n) is 9.17. The molecule has 0 aliphatic rings. The summed E-state index contributed by atoms with van der Waals surface area (Å²) in [5.74, 6) is 0.207. The second-order valence-corrected chi connectivity index (χ2v) is 7.00. The maximum Gasteiger partial charge on any atom is 0.346 e. The molecule has 2 aromatic carbocycles. The molecule has 0 amide bonds. The smallest absolute Gasteiger partial charge is 0.346 e. The Morgan fingerprint density at radius 2 is 1.54 bits per heavy atom. The molecule has 0 spiro atoms. The van der Waals surface area contributed by atoms with Gasteiger partial charge in [0.05, 0.1) is 0 Å². The molecule has 0 fully saturated rings. The van der Waals surface area contributed by atoms with E-state index in [0.29, 0.717) is 24.5 Å². The zero-order chi connectivity index (χ0) is 20.6. The van der Waals surface area contributed by atoms with Crippen molar-refractivity contribution in [3.63, 3.8) is 0 Å². The van der Waals surface area contributed by atoms with E-state index in [4.69, 9.17) is 19.8 Å². The fourth-order valence-corrected chi connectivity index (χ4v) is 2.49. The first-order chi connectivity index (χ1) is 13.4. The topological polar surface area (TPSA) is 79.5 Å². The van der Waals surface area contributed by atoms with E-state index in [1.807, 2.05) is 12.1 Å². The molecule has 2 rings (SSSR count). The number of benzene rings is 2. The van der Waals surface area contributed by atoms with E-state index < -0.39 is 5.97 Å². The lowest BCUT2D eigenvalue weighted by Gasteiger charge is -2.23. The van der Waals surface area contributed by atoms with Crippen LogP contribution in [0.5, 0.6) is 11.5 Å². The average molecular weight is 379 g/mol. The summed E-state index contributed by atoms with van der Waals surface area (Å²) in [6.45, 7) is 7.42. The number of nitrogens with zero attached hydrogens (tertiary/aromatic N) is 1. The van der Waals surface area contributed by atoms with E-state index in [2.05, 4.69) is 32.9 Å².